The summed E-state index contributed by atoms with van der Waals surface area (Å²) >= 11 is 12.6. The fraction of sp³-hybridized carbons (Fsp3) is 0.312. The topological polar surface area (TPSA) is 179 Å². The summed E-state index contributed by atoms with van der Waals surface area (Å²) in [5.41, 5.74) is -0.147. The molecule has 47 heavy (non-hydrogen) atoms. The number of amides is 2. The van der Waals surface area contributed by atoms with Gasteiger partial charge in [0.05, 0.1) is 44.4 Å². The molecule has 2 rings (SSSR count). The van der Waals surface area contributed by atoms with Gasteiger partial charge in [-0.05, 0) is 38.1 Å². The molecule has 0 aliphatic carbocycles. The predicted octanol–water partition coefficient (Wildman–Crippen LogP) is 5.42. The minimum atomic E-state index is -4.50. The highest BCUT2D eigenvalue weighted by atomic mass is 35.5. The van der Waals surface area contributed by atoms with E-state index in [1.165, 1.54) is 50.2 Å². The quantitative estimate of drug-likeness (QED) is 0.150. The third-order valence-electron chi connectivity index (χ3n) is 6.25. The smallest absolute Gasteiger partial charge is 0.333 e. The molecule has 0 atom stereocenters. The second-order valence-electron chi connectivity index (χ2n) is 10.2. The molecule has 2 aromatic rings. The summed E-state index contributed by atoms with van der Waals surface area (Å²) in [6, 6.07) is 7.81. The van der Waals surface area contributed by atoms with Crippen molar-refractivity contribution in [2.24, 2.45) is 0 Å². The summed E-state index contributed by atoms with van der Waals surface area (Å²) in [4.78, 5) is 71.8. The summed E-state index contributed by atoms with van der Waals surface area (Å²) in [5, 5.41) is 4.66. The first kappa shape index (κ1) is 38.9. The number of hydrogen-bond donors (Lipinski definition) is 2. The second-order valence-corrected chi connectivity index (χ2v) is 12.9. The number of benzene rings is 2. The molecule has 0 saturated carbocycles. The monoisotopic (exact) mass is 708 g/mol. The first-order valence-corrected chi connectivity index (χ1v) is 16.4. The molecule has 0 aliphatic rings. The van der Waals surface area contributed by atoms with Crippen molar-refractivity contribution in [3.05, 3.63) is 70.7 Å². The number of rotatable bonds is 18. The Bertz CT molecular complexity index is 1590. The molecule has 0 radical (unpaired) electrons. The van der Waals surface area contributed by atoms with Crippen molar-refractivity contribution in [3.63, 3.8) is 0 Å². The van der Waals surface area contributed by atoms with E-state index in [1.54, 1.807) is 0 Å². The number of anilines is 2. The number of carbonyl (C=O) groups is 6. The van der Waals surface area contributed by atoms with Crippen LogP contribution < -0.4 is 10.6 Å². The highest BCUT2D eigenvalue weighted by Crippen LogP contribution is 2.38. The zero-order chi connectivity index (χ0) is 35.3. The molecule has 0 saturated heterocycles. The highest BCUT2D eigenvalue weighted by molar-refractivity contribution is 7.91. The van der Waals surface area contributed by atoms with Gasteiger partial charge >= 0.3 is 11.9 Å². The first-order valence-electron chi connectivity index (χ1n) is 14.1. The summed E-state index contributed by atoms with van der Waals surface area (Å²) in [7, 11) is -4.50. The molecule has 0 heterocycles. The molecule has 0 aromatic heterocycles. The molecule has 0 bridgehead atoms. The van der Waals surface area contributed by atoms with Crippen molar-refractivity contribution in [2.75, 3.05) is 23.8 Å². The lowest BCUT2D eigenvalue weighted by atomic mass is 10.1. The van der Waals surface area contributed by atoms with Crippen molar-refractivity contribution in [2.45, 2.75) is 62.2 Å². The van der Waals surface area contributed by atoms with Crippen LogP contribution in [-0.4, -0.2) is 57.0 Å². The van der Waals surface area contributed by atoms with E-state index < -0.39 is 43.4 Å². The van der Waals surface area contributed by atoms with E-state index in [9.17, 15) is 37.2 Å². The standard InChI is InChI=1S/C32H34Cl2N2O10S/c1-19(2)31(41)45-17-15-21(37)11-13-27(39)35-29-23(33)7-5-9-25(29)47(43,44)26-10-6-8-24(34)30(26)36-28(40)14-12-22(38)16-18-46-32(42)20(3)4/h5-10H,1,3,11-18H2,2,4H3,(H,35,39)(H,36,40). The van der Waals surface area contributed by atoms with Crippen molar-refractivity contribution >= 4 is 79.7 Å². The van der Waals surface area contributed by atoms with Crippen molar-refractivity contribution in [3.8, 4) is 0 Å². The van der Waals surface area contributed by atoms with E-state index in [4.69, 9.17) is 32.7 Å². The lowest BCUT2D eigenvalue weighted by Gasteiger charge is -2.17. The molecule has 0 fully saturated rings. The average Bonchev–Trinajstić information content (AvgIpc) is 3.00. The van der Waals surface area contributed by atoms with Crippen LogP contribution in [0.2, 0.25) is 10.0 Å². The van der Waals surface area contributed by atoms with Gasteiger partial charge in [-0.25, -0.2) is 18.0 Å². The van der Waals surface area contributed by atoms with Crippen LogP contribution in [0, 0.1) is 0 Å². The van der Waals surface area contributed by atoms with Crippen molar-refractivity contribution in [1.29, 1.82) is 0 Å². The van der Waals surface area contributed by atoms with Crippen LogP contribution in [0.5, 0.6) is 0 Å². The number of hydrogen-bond acceptors (Lipinski definition) is 10. The Morgan fingerprint density at radius 3 is 1.34 bits per heavy atom. The van der Waals surface area contributed by atoms with E-state index in [1.807, 2.05) is 0 Å². The molecule has 0 aliphatic heterocycles. The molecule has 0 spiro atoms. The van der Waals surface area contributed by atoms with Crippen LogP contribution in [0.15, 0.2) is 70.5 Å². The SMILES string of the molecule is C=C(C)C(=O)OCCC(=O)CCC(=O)Nc1c(Cl)cccc1S(=O)(=O)c1cccc(Cl)c1NC(=O)CCC(=O)CCOC(=O)C(=C)C. The number of nitrogens with one attached hydrogen (secondary N) is 2. The van der Waals surface area contributed by atoms with Gasteiger partial charge in [-0.2, -0.15) is 0 Å². The molecule has 2 N–H and O–H groups in total. The average molecular weight is 710 g/mol. The van der Waals surface area contributed by atoms with Crippen LogP contribution in [0.1, 0.15) is 52.4 Å². The Morgan fingerprint density at radius 1 is 0.638 bits per heavy atom. The van der Waals surface area contributed by atoms with Crippen molar-refractivity contribution in [1.82, 2.24) is 0 Å². The summed E-state index contributed by atoms with van der Waals surface area (Å²) in [6.07, 6.45) is -1.30. The zero-order valence-electron chi connectivity index (χ0n) is 25.8. The number of esters is 2. The maximum Gasteiger partial charge on any atom is 0.333 e. The first-order chi connectivity index (χ1) is 22.0. The van der Waals surface area contributed by atoms with E-state index in [0.29, 0.717) is 0 Å². The minimum absolute atomic E-state index is 0.113. The molecule has 12 nitrogen and oxygen atoms in total. The maximum absolute atomic E-state index is 13.9. The largest absolute Gasteiger partial charge is 0.462 e. The number of carbonyl (C=O) groups excluding carboxylic acids is 6. The van der Waals surface area contributed by atoms with Crippen LogP contribution in [0.25, 0.3) is 0 Å². The van der Waals surface area contributed by atoms with E-state index in [-0.39, 0.29) is 95.9 Å². The molecule has 2 amide bonds. The van der Waals surface area contributed by atoms with Gasteiger partial charge in [0.2, 0.25) is 21.7 Å². The second kappa shape index (κ2) is 18.1. The molecule has 0 unspecified atom stereocenters. The third-order valence-corrected chi connectivity index (χ3v) is 8.71. The number of halogens is 2. The normalized spacial score (nSPS) is 10.8. The molecule has 252 valence electrons. The van der Waals surface area contributed by atoms with E-state index >= 15 is 0 Å². The van der Waals surface area contributed by atoms with Crippen LogP contribution in [0.4, 0.5) is 11.4 Å². The van der Waals surface area contributed by atoms with Gasteiger partial charge in [-0.3, -0.25) is 19.2 Å². The Labute approximate surface area is 282 Å². The van der Waals surface area contributed by atoms with E-state index in [2.05, 4.69) is 23.8 Å². The van der Waals surface area contributed by atoms with Gasteiger partial charge in [-0.1, -0.05) is 48.5 Å². The third kappa shape index (κ3) is 12.1. The zero-order valence-corrected chi connectivity index (χ0v) is 28.1. The Morgan fingerprint density at radius 2 is 1.00 bits per heavy atom. The number of para-hydroxylation sites is 2. The van der Waals surface area contributed by atoms with Gasteiger partial charge in [0.1, 0.15) is 11.6 Å². The Balaban J connectivity index is 2.15. The number of ketones is 2. The molecular weight excluding hydrogens is 675 g/mol. The summed E-state index contributed by atoms with van der Waals surface area (Å²) in [6.45, 7) is 9.44. The lowest BCUT2D eigenvalue weighted by molar-refractivity contribution is -0.141. The summed E-state index contributed by atoms with van der Waals surface area (Å²) < 4.78 is 37.5. The van der Waals surface area contributed by atoms with E-state index in [0.717, 1.165) is 0 Å². The molecule has 15 heteroatoms. The van der Waals surface area contributed by atoms with Gasteiger partial charge in [-0.15, -0.1) is 0 Å². The Kier molecular flexibility index (Phi) is 15.0. The van der Waals surface area contributed by atoms with Gasteiger partial charge in [0, 0.05) is 49.7 Å². The van der Waals surface area contributed by atoms with Crippen LogP contribution >= 0.6 is 23.2 Å². The molecular formula is C32H34Cl2N2O10S. The fourth-order valence-corrected chi connectivity index (χ4v) is 5.91. The fourth-order valence-electron chi connectivity index (χ4n) is 3.74. The Hall–Kier alpha value is -4.33. The highest BCUT2D eigenvalue weighted by Gasteiger charge is 2.28. The predicted molar refractivity (Wildman–Crippen MR) is 175 cm³/mol. The van der Waals surface area contributed by atoms with Gasteiger partial charge in [0.25, 0.3) is 0 Å². The lowest BCUT2D eigenvalue weighted by Crippen LogP contribution is -2.19. The number of sulfone groups is 1. The van der Waals surface area contributed by atoms with Gasteiger partial charge < -0.3 is 20.1 Å². The van der Waals surface area contributed by atoms with Crippen LogP contribution in [-0.2, 0) is 48.1 Å². The minimum Gasteiger partial charge on any atom is -0.462 e. The van der Waals surface area contributed by atoms with Crippen LogP contribution in [0.3, 0.4) is 0 Å². The number of Topliss-reactive ketones (excluding diaryl/α,β-unsaturated/α-hetero) is 2. The summed E-state index contributed by atoms with van der Waals surface area (Å²) in [5.74, 6) is -3.43. The maximum atomic E-state index is 13.9. The number of ether oxygens (including phenoxy) is 2. The van der Waals surface area contributed by atoms with Gasteiger partial charge in [0.15, 0.2) is 0 Å². The molecule has 2 aromatic carbocycles. The van der Waals surface area contributed by atoms with Crippen molar-refractivity contribution < 1.29 is 46.7 Å².